The minimum Gasteiger partial charge on any atom is -0.0991 e. The average Bonchev–Trinajstić information content (AvgIpc) is 2.14. The quantitative estimate of drug-likeness (QED) is 0.589. The fraction of sp³-hybridized carbons (Fsp3) is 0.167. The van der Waals surface area contributed by atoms with Crippen molar-refractivity contribution in [1.29, 1.82) is 0 Å². The third-order valence-corrected chi connectivity index (χ3v) is 1.71. The number of hydrogen-bond acceptors (Lipinski definition) is 0. The number of benzene rings is 1. The highest BCUT2D eigenvalue weighted by atomic mass is 13.9. The summed E-state index contributed by atoms with van der Waals surface area (Å²) in [5.41, 5.74) is 1.39. The van der Waals surface area contributed by atoms with Crippen LogP contribution in [-0.2, 0) is 6.42 Å². The SMILES string of the molecule is C=CC=CCCc1ccccc1. The van der Waals surface area contributed by atoms with Crippen molar-refractivity contribution in [2.75, 3.05) is 0 Å². The normalized spacial score (nSPS) is 10.3. The van der Waals surface area contributed by atoms with Crippen molar-refractivity contribution in [2.24, 2.45) is 0 Å². The maximum atomic E-state index is 3.62. The van der Waals surface area contributed by atoms with E-state index in [4.69, 9.17) is 0 Å². The first kappa shape index (κ1) is 8.79. The summed E-state index contributed by atoms with van der Waals surface area (Å²) in [5, 5.41) is 0. The molecule has 0 unspecified atom stereocenters. The van der Waals surface area contributed by atoms with E-state index in [2.05, 4.69) is 36.9 Å². The molecule has 0 spiro atoms. The van der Waals surface area contributed by atoms with Crippen LogP contribution in [0.5, 0.6) is 0 Å². The van der Waals surface area contributed by atoms with Gasteiger partial charge in [-0.15, -0.1) is 0 Å². The largest absolute Gasteiger partial charge is 0.0991 e. The maximum Gasteiger partial charge on any atom is -0.0244 e. The summed E-state index contributed by atoms with van der Waals surface area (Å²) in [4.78, 5) is 0. The van der Waals surface area contributed by atoms with Gasteiger partial charge in [0.15, 0.2) is 0 Å². The molecule has 0 heteroatoms. The van der Waals surface area contributed by atoms with Gasteiger partial charge in [-0.3, -0.25) is 0 Å². The van der Waals surface area contributed by atoms with Gasteiger partial charge in [0.2, 0.25) is 0 Å². The Kier molecular flexibility index (Phi) is 3.93. The zero-order valence-corrected chi connectivity index (χ0v) is 7.24. The van der Waals surface area contributed by atoms with Gasteiger partial charge in [-0.2, -0.15) is 0 Å². The summed E-state index contributed by atoms with van der Waals surface area (Å²) >= 11 is 0. The third kappa shape index (κ3) is 3.20. The molecule has 0 bridgehead atoms. The average molecular weight is 158 g/mol. The van der Waals surface area contributed by atoms with Crippen LogP contribution in [0.25, 0.3) is 0 Å². The fourth-order valence-electron chi connectivity index (χ4n) is 1.09. The Labute approximate surface area is 74.2 Å². The second-order valence-electron chi connectivity index (χ2n) is 2.69. The van der Waals surface area contributed by atoms with E-state index in [0.29, 0.717) is 0 Å². The first-order valence-electron chi connectivity index (χ1n) is 4.25. The molecular formula is C12H14. The van der Waals surface area contributed by atoms with Crippen LogP contribution >= 0.6 is 0 Å². The number of aryl methyl sites for hydroxylation is 1. The second kappa shape index (κ2) is 5.36. The van der Waals surface area contributed by atoms with Crippen LogP contribution < -0.4 is 0 Å². The molecule has 12 heavy (non-hydrogen) atoms. The van der Waals surface area contributed by atoms with Crippen LogP contribution in [0, 0.1) is 0 Å². The Morgan fingerprint density at radius 1 is 1.17 bits per heavy atom. The van der Waals surface area contributed by atoms with E-state index in [9.17, 15) is 0 Å². The Morgan fingerprint density at radius 2 is 1.92 bits per heavy atom. The third-order valence-electron chi connectivity index (χ3n) is 1.71. The number of hydrogen-bond donors (Lipinski definition) is 0. The van der Waals surface area contributed by atoms with Crippen LogP contribution in [-0.4, -0.2) is 0 Å². The van der Waals surface area contributed by atoms with Crippen molar-refractivity contribution in [2.45, 2.75) is 12.8 Å². The van der Waals surface area contributed by atoms with Gasteiger partial charge in [0.05, 0.1) is 0 Å². The summed E-state index contributed by atoms with van der Waals surface area (Å²) < 4.78 is 0. The summed E-state index contributed by atoms with van der Waals surface area (Å²) in [6.07, 6.45) is 8.15. The van der Waals surface area contributed by atoms with Crippen LogP contribution in [0.1, 0.15) is 12.0 Å². The van der Waals surface area contributed by atoms with E-state index in [-0.39, 0.29) is 0 Å². The molecule has 0 radical (unpaired) electrons. The molecule has 0 nitrogen and oxygen atoms in total. The van der Waals surface area contributed by atoms with E-state index in [1.807, 2.05) is 18.2 Å². The molecular weight excluding hydrogens is 144 g/mol. The Hall–Kier alpha value is -1.30. The molecule has 0 aliphatic heterocycles. The highest BCUT2D eigenvalue weighted by molar-refractivity contribution is 5.15. The van der Waals surface area contributed by atoms with Crippen molar-refractivity contribution >= 4 is 0 Å². The Morgan fingerprint density at radius 3 is 2.58 bits per heavy atom. The molecule has 0 amide bonds. The molecule has 0 atom stereocenters. The number of rotatable bonds is 4. The van der Waals surface area contributed by atoms with E-state index < -0.39 is 0 Å². The zero-order chi connectivity index (χ0) is 8.65. The van der Waals surface area contributed by atoms with E-state index >= 15 is 0 Å². The van der Waals surface area contributed by atoms with Crippen LogP contribution in [0.15, 0.2) is 55.1 Å². The number of allylic oxidation sites excluding steroid dienone is 3. The lowest BCUT2D eigenvalue weighted by Crippen LogP contribution is -1.80. The molecule has 0 aliphatic carbocycles. The van der Waals surface area contributed by atoms with Crippen molar-refractivity contribution in [1.82, 2.24) is 0 Å². The van der Waals surface area contributed by atoms with Crippen molar-refractivity contribution in [3.63, 3.8) is 0 Å². The van der Waals surface area contributed by atoms with Gasteiger partial charge in [-0.05, 0) is 18.4 Å². The van der Waals surface area contributed by atoms with Gasteiger partial charge < -0.3 is 0 Å². The molecule has 0 heterocycles. The zero-order valence-electron chi connectivity index (χ0n) is 7.24. The van der Waals surface area contributed by atoms with Crippen molar-refractivity contribution in [3.05, 3.63) is 60.7 Å². The molecule has 1 rings (SSSR count). The molecule has 1 aromatic carbocycles. The van der Waals surface area contributed by atoms with Gasteiger partial charge in [0.1, 0.15) is 0 Å². The highest BCUT2D eigenvalue weighted by Gasteiger charge is 1.86. The lowest BCUT2D eigenvalue weighted by Gasteiger charge is -1.95. The van der Waals surface area contributed by atoms with Gasteiger partial charge in [0.25, 0.3) is 0 Å². The summed E-state index contributed by atoms with van der Waals surface area (Å²) in [7, 11) is 0. The minimum absolute atomic E-state index is 1.09. The van der Waals surface area contributed by atoms with E-state index in [1.165, 1.54) is 5.56 Å². The fourth-order valence-corrected chi connectivity index (χ4v) is 1.09. The first-order valence-corrected chi connectivity index (χ1v) is 4.25. The summed E-state index contributed by atoms with van der Waals surface area (Å²) in [6, 6.07) is 10.5. The first-order chi connectivity index (χ1) is 5.93. The van der Waals surface area contributed by atoms with Gasteiger partial charge in [-0.25, -0.2) is 0 Å². The monoisotopic (exact) mass is 158 g/mol. The predicted octanol–water partition coefficient (Wildman–Crippen LogP) is 3.36. The summed E-state index contributed by atoms with van der Waals surface area (Å²) in [5.74, 6) is 0. The molecule has 0 N–H and O–H groups in total. The predicted molar refractivity (Wildman–Crippen MR) is 54.1 cm³/mol. The van der Waals surface area contributed by atoms with E-state index in [1.54, 1.807) is 0 Å². The molecule has 1 aromatic rings. The second-order valence-corrected chi connectivity index (χ2v) is 2.69. The minimum atomic E-state index is 1.09. The molecule has 0 fully saturated rings. The smallest absolute Gasteiger partial charge is 0.0244 e. The molecule has 0 saturated heterocycles. The van der Waals surface area contributed by atoms with Crippen molar-refractivity contribution in [3.8, 4) is 0 Å². The molecule has 62 valence electrons. The van der Waals surface area contributed by atoms with Crippen LogP contribution in [0.2, 0.25) is 0 Å². The highest BCUT2D eigenvalue weighted by Crippen LogP contribution is 2.02. The lowest BCUT2D eigenvalue weighted by molar-refractivity contribution is 1.00. The molecule has 0 aromatic heterocycles. The van der Waals surface area contributed by atoms with Gasteiger partial charge >= 0.3 is 0 Å². The molecule has 0 saturated carbocycles. The lowest BCUT2D eigenvalue weighted by atomic mass is 10.1. The van der Waals surface area contributed by atoms with Gasteiger partial charge in [-0.1, -0.05) is 55.1 Å². The topological polar surface area (TPSA) is 0 Å². The Balaban J connectivity index is 2.33. The molecule has 0 aliphatic rings. The van der Waals surface area contributed by atoms with Crippen LogP contribution in [0.4, 0.5) is 0 Å². The summed E-state index contributed by atoms with van der Waals surface area (Å²) in [6.45, 7) is 3.62. The maximum absolute atomic E-state index is 3.62. The van der Waals surface area contributed by atoms with Crippen LogP contribution in [0.3, 0.4) is 0 Å². The van der Waals surface area contributed by atoms with E-state index in [0.717, 1.165) is 12.8 Å². The standard InChI is InChI=1S/C12H14/c1-2-3-4-6-9-12-10-7-5-8-11-12/h2-5,7-8,10-11H,1,6,9H2. The van der Waals surface area contributed by atoms with Gasteiger partial charge in [0, 0.05) is 0 Å². The van der Waals surface area contributed by atoms with Crippen molar-refractivity contribution < 1.29 is 0 Å². The Bertz CT molecular complexity index is 244.